The fourth-order valence-corrected chi connectivity index (χ4v) is 1.62. The number of hydrogen-bond acceptors (Lipinski definition) is 4. The molecule has 2 rings (SSSR count). The van der Waals surface area contributed by atoms with Crippen molar-refractivity contribution in [1.82, 2.24) is 10.9 Å². The second kappa shape index (κ2) is 4.40. The van der Waals surface area contributed by atoms with E-state index in [0.29, 0.717) is 30.3 Å². The van der Waals surface area contributed by atoms with Crippen LogP contribution in [-0.4, -0.2) is 26.2 Å². The first-order valence-electron chi connectivity index (χ1n) is 5.09. The van der Waals surface area contributed by atoms with Gasteiger partial charge in [-0.2, -0.15) is 0 Å². The molecular weight excluding hydrogens is 208 g/mol. The fraction of sp³-hybridized carbons (Fsp3) is 0.364. The van der Waals surface area contributed by atoms with Gasteiger partial charge in [-0.3, -0.25) is 10.2 Å². The normalized spacial score (nSPS) is 13.4. The van der Waals surface area contributed by atoms with Crippen molar-refractivity contribution in [1.29, 1.82) is 0 Å². The Bertz CT molecular complexity index is 418. The van der Waals surface area contributed by atoms with Gasteiger partial charge in [-0.05, 0) is 24.6 Å². The van der Waals surface area contributed by atoms with E-state index in [2.05, 4.69) is 10.9 Å². The maximum Gasteiger partial charge on any atom is 0.265 e. The average molecular weight is 222 g/mol. The molecule has 86 valence electrons. The average Bonchev–Trinajstić information content (AvgIpc) is 2.28. The highest BCUT2D eigenvalue weighted by molar-refractivity contribution is 5.96. The topological polar surface area (TPSA) is 59.6 Å². The standard InChI is InChI=1S/C11H14N2O3/c1-7-5-9-10(16-4-3-15-9)6-8(7)11(14)13-12-2/h5-6,12H,3-4H2,1-2H3,(H,13,14). The number of hydrazine groups is 1. The Labute approximate surface area is 93.7 Å². The van der Waals surface area contributed by atoms with Crippen molar-refractivity contribution in [3.8, 4) is 11.5 Å². The monoisotopic (exact) mass is 222 g/mol. The molecular formula is C11H14N2O3. The first kappa shape index (κ1) is 10.8. The summed E-state index contributed by atoms with van der Waals surface area (Å²) in [5.74, 6) is 1.14. The molecule has 0 saturated heterocycles. The molecule has 0 unspecified atom stereocenters. The van der Waals surface area contributed by atoms with Crippen LogP contribution in [0.1, 0.15) is 15.9 Å². The zero-order chi connectivity index (χ0) is 11.5. The van der Waals surface area contributed by atoms with Crippen LogP contribution in [-0.2, 0) is 0 Å². The maximum absolute atomic E-state index is 11.7. The summed E-state index contributed by atoms with van der Waals surface area (Å²) in [5.41, 5.74) is 6.57. The van der Waals surface area contributed by atoms with Crippen molar-refractivity contribution in [3.63, 3.8) is 0 Å². The molecule has 0 spiro atoms. The van der Waals surface area contributed by atoms with E-state index < -0.39 is 0 Å². The summed E-state index contributed by atoms with van der Waals surface area (Å²) in [6.45, 7) is 2.93. The van der Waals surface area contributed by atoms with Crippen molar-refractivity contribution in [2.75, 3.05) is 20.3 Å². The lowest BCUT2D eigenvalue weighted by atomic mass is 10.1. The Morgan fingerprint density at radius 2 is 1.88 bits per heavy atom. The molecule has 1 heterocycles. The summed E-state index contributed by atoms with van der Waals surface area (Å²) < 4.78 is 10.8. The SMILES string of the molecule is CNNC(=O)c1cc2c(cc1C)OCCO2. The first-order chi connectivity index (χ1) is 7.72. The Morgan fingerprint density at radius 3 is 2.50 bits per heavy atom. The zero-order valence-corrected chi connectivity index (χ0v) is 9.29. The molecule has 0 aromatic heterocycles. The predicted molar refractivity (Wildman–Crippen MR) is 58.7 cm³/mol. The Morgan fingerprint density at radius 1 is 1.25 bits per heavy atom. The summed E-state index contributed by atoms with van der Waals surface area (Å²) in [5, 5.41) is 0. The van der Waals surface area contributed by atoms with E-state index in [0.717, 1.165) is 5.56 Å². The molecule has 0 fully saturated rings. The van der Waals surface area contributed by atoms with E-state index in [-0.39, 0.29) is 5.91 Å². The first-order valence-corrected chi connectivity index (χ1v) is 5.09. The van der Waals surface area contributed by atoms with Gasteiger partial charge in [-0.15, -0.1) is 0 Å². The molecule has 16 heavy (non-hydrogen) atoms. The van der Waals surface area contributed by atoms with E-state index >= 15 is 0 Å². The van der Waals surface area contributed by atoms with Gasteiger partial charge in [0.2, 0.25) is 0 Å². The number of hydrogen-bond donors (Lipinski definition) is 2. The van der Waals surface area contributed by atoms with E-state index in [1.54, 1.807) is 13.1 Å². The number of amides is 1. The quantitative estimate of drug-likeness (QED) is 0.721. The van der Waals surface area contributed by atoms with Crippen LogP contribution in [0.15, 0.2) is 12.1 Å². The maximum atomic E-state index is 11.7. The Balaban J connectivity index is 2.35. The lowest BCUT2D eigenvalue weighted by Crippen LogP contribution is -2.34. The third kappa shape index (κ3) is 1.94. The van der Waals surface area contributed by atoms with Gasteiger partial charge in [0.05, 0.1) is 0 Å². The summed E-state index contributed by atoms with van der Waals surface area (Å²) in [7, 11) is 1.64. The predicted octanol–water partition coefficient (Wildman–Crippen LogP) is 0.630. The molecule has 2 N–H and O–H groups in total. The minimum Gasteiger partial charge on any atom is -0.486 e. The van der Waals surface area contributed by atoms with Gasteiger partial charge in [0.25, 0.3) is 5.91 Å². The lowest BCUT2D eigenvalue weighted by Gasteiger charge is -2.20. The zero-order valence-electron chi connectivity index (χ0n) is 9.29. The molecule has 5 nitrogen and oxygen atoms in total. The van der Waals surface area contributed by atoms with Crippen molar-refractivity contribution in [2.24, 2.45) is 0 Å². The van der Waals surface area contributed by atoms with Gasteiger partial charge in [-0.1, -0.05) is 0 Å². The van der Waals surface area contributed by atoms with Gasteiger partial charge >= 0.3 is 0 Å². The molecule has 0 bridgehead atoms. The third-order valence-electron chi connectivity index (χ3n) is 2.37. The fourth-order valence-electron chi connectivity index (χ4n) is 1.62. The summed E-state index contributed by atoms with van der Waals surface area (Å²) in [6.07, 6.45) is 0. The van der Waals surface area contributed by atoms with Crippen molar-refractivity contribution < 1.29 is 14.3 Å². The number of carbonyl (C=O) groups is 1. The van der Waals surface area contributed by atoms with Gasteiger partial charge in [0.15, 0.2) is 11.5 Å². The lowest BCUT2D eigenvalue weighted by molar-refractivity contribution is 0.0936. The smallest absolute Gasteiger partial charge is 0.265 e. The van der Waals surface area contributed by atoms with Crippen LogP contribution < -0.4 is 20.3 Å². The van der Waals surface area contributed by atoms with Crippen molar-refractivity contribution >= 4 is 5.91 Å². The van der Waals surface area contributed by atoms with Gasteiger partial charge in [-0.25, -0.2) is 5.43 Å². The Hall–Kier alpha value is -1.75. The number of aryl methyl sites for hydroxylation is 1. The van der Waals surface area contributed by atoms with Crippen LogP contribution in [0.5, 0.6) is 11.5 Å². The van der Waals surface area contributed by atoms with Crippen LogP contribution in [0.3, 0.4) is 0 Å². The minimum atomic E-state index is -0.183. The second-order valence-electron chi connectivity index (χ2n) is 3.51. The molecule has 0 atom stereocenters. The highest BCUT2D eigenvalue weighted by Gasteiger charge is 2.17. The van der Waals surface area contributed by atoms with E-state index in [9.17, 15) is 4.79 Å². The molecule has 1 aromatic rings. The van der Waals surface area contributed by atoms with Crippen LogP contribution in [0.4, 0.5) is 0 Å². The summed E-state index contributed by atoms with van der Waals surface area (Å²) in [4.78, 5) is 11.7. The van der Waals surface area contributed by atoms with E-state index in [1.807, 2.05) is 13.0 Å². The largest absolute Gasteiger partial charge is 0.486 e. The molecule has 1 aromatic carbocycles. The summed E-state index contributed by atoms with van der Waals surface area (Å²) in [6, 6.07) is 3.52. The number of nitrogens with one attached hydrogen (secondary N) is 2. The second-order valence-corrected chi connectivity index (χ2v) is 3.51. The minimum absolute atomic E-state index is 0.183. The number of rotatable bonds is 2. The molecule has 1 aliphatic heterocycles. The number of carbonyl (C=O) groups excluding carboxylic acids is 1. The third-order valence-corrected chi connectivity index (χ3v) is 2.37. The number of fused-ring (bicyclic) bond motifs is 1. The summed E-state index contributed by atoms with van der Waals surface area (Å²) >= 11 is 0. The van der Waals surface area contributed by atoms with Crippen molar-refractivity contribution in [2.45, 2.75) is 6.92 Å². The molecule has 1 amide bonds. The number of ether oxygens (including phenoxy) is 2. The van der Waals surface area contributed by atoms with E-state index in [4.69, 9.17) is 9.47 Å². The van der Waals surface area contributed by atoms with Crippen LogP contribution in [0.25, 0.3) is 0 Å². The van der Waals surface area contributed by atoms with Gasteiger partial charge < -0.3 is 9.47 Å². The molecule has 5 heteroatoms. The molecule has 1 aliphatic rings. The van der Waals surface area contributed by atoms with Crippen molar-refractivity contribution in [3.05, 3.63) is 23.3 Å². The number of benzene rings is 1. The van der Waals surface area contributed by atoms with Crippen LogP contribution in [0, 0.1) is 6.92 Å². The van der Waals surface area contributed by atoms with Crippen LogP contribution in [0.2, 0.25) is 0 Å². The van der Waals surface area contributed by atoms with Crippen LogP contribution >= 0.6 is 0 Å². The molecule has 0 radical (unpaired) electrons. The highest BCUT2D eigenvalue weighted by atomic mass is 16.6. The Kier molecular flexibility index (Phi) is 2.96. The van der Waals surface area contributed by atoms with Gasteiger partial charge in [0.1, 0.15) is 13.2 Å². The van der Waals surface area contributed by atoms with Gasteiger partial charge in [0, 0.05) is 12.6 Å². The molecule has 0 aliphatic carbocycles. The highest BCUT2D eigenvalue weighted by Crippen LogP contribution is 2.32. The molecule has 0 saturated carbocycles. The van der Waals surface area contributed by atoms with E-state index in [1.165, 1.54) is 0 Å².